The molecule has 0 radical (unpaired) electrons. The van der Waals surface area contributed by atoms with Crippen LogP contribution in [-0.4, -0.2) is 39.7 Å². The van der Waals surface area contributed by atoms with Crippen LogP contribution in [0.5, 0.6) is 0 Å². The number of rotatable bonds is 3. The first-order valence-electron chi connectivity index (χ1n) is 9.63. The molecule has 0 atom stereocenters. The zero-order valence-corrected chi connectivity index (χ0v) is 15.4. The number of nitrogens with zero attached hydrogens (tertiary/aromatic N) is 5. The summed E-state index contributed by atoms with van der Waals surface area (Å²) in [5.74, 6) is -0.330. The van der Waals surface area contributed by atoms with Gasteiger partial charge < -0.3 is 15.5 Å². The molecule has 0 saturated carbocycles. The van der Waals surface area contributed by atoms with Crippen molar-refractivity contribution in [3.8, 4) is 5.69 Å². The number of hydrogen-bond donors (Lipinski definition) is 2. The van der Waals surface area contributed by atoms with Crippen molar-refractivity contribution in [3.05, 3.63) is 52.7 Å². The molecule has 9 heteroatoms. The number of nitrogens with one attached hydrogen (secondary N) is 2. The lowest BCUT2D eigenvalue weighted by atomic mass is 10.2. The molecular formula is C18H18ClN7O. The number of halogens is 1. The highest BCUT2D eigenvalue weighted by atomic mass is 35.5. The second-order valence-electron chi connectivity index (χ2n) is 6.20. The van der Waals surface area contributed by atoms with Gasteiger partial charge in [-0.3, -0.25) is 4.79 Å². The molecule has 3 aromatic rings. The van der Waals surface area contributed by atoms with Gasteiger partial charge >= 0.3 is 0 Å². The molecule has 4 rings (SSSR count). The van der Waals surface area contributed by atoms with Gasteiger partial charge in [-0.1, -0.05) is 11.6 Å². The van der Waals surface area contributed by atoms with Gasteiger partial charge in [-0.15, -0.1) is 0 Å². The molecular weight excluding hydrogens is 366 g/mol. The maximum Gasteiger partial charge on any atom is 0.254 e. The summed E-state index contributed by atoms with van der Waals surface area (Å²) in [5, 5.41) is 9.77. The van der Waals surface area contributed by atoms with Crippen LogP contribution in [0.4, 0.5) is 17.2 Å². The Kier molecular flexibility index (Phi) is 3.39. The van der Waals surface area contributed by atoms with E-state index >= 15 is 0 Å². The van der Waals surface area contributed by atoms with E-state index in [0.717, 1.165) is 22.8 Å². The number of anilines is 3. The van der Waals surface area contributed by atoms with Crippen molar-refractivity contribution in [1.82, 2.24) is 25.1 Å². The fourth-order valence-corrected chi connectivity index (χ4v) is 3.35. The first-order valence-corrected chi connectivity index (χ1v) is 8.51. The maximum absolute atomic E-state index is 12.5. The molecule has 4 heterocycles. The highest BCUT2D eigenvalue weighted by Gasteiger charge is 2.25. The van der Waals surface area contributed by atoms with Crippen molar-refractivity contribution in [2.24, 2.45) is 0 Å². The molecule has 27 heavy (non-hydrogen) atoms. The highest BCUT2D eigenvalue weighted by Crippen LogP contribution is 2.37. The molecule has 8 nitrogen and oxygen atoms in total. The lowest BCUT2D eigenvalue weighted by molar-refractivity contribution is 0.0963. The van der Waals surface area contributed by atoms with Crippen LogP contribution in [0.1, 0.15) is 25.9 Å². The largest absolute Gasteiger partial charge is 0.364 e. The molecule has 3 aromatic heterocycles. The number of aryl methyl sites for hydroxylation is 1. The molecule has 1 aliphatic heterocycles. The lowest BCUT2D eigenvalue weighted by Gasteiger charge is -2.30. The van der Waals surface area contributed by atoms with Crippen molar-refractivity contribution >= 4 is 34.7 Å². The van der Waals surface area contributed by atoms with E-state index in [1.807, 2.05) is 41.0 Å². The summed E-state index contributed by atoms with van der Waals surface area (Å²) in [7, 11) is 1.93. The molecule has 0 unspecified atom stereocenters. The Bertz CT molecular complexity index is 1150. The standard InChI is InChI=1S/C18H18ClN7O/c1-10-6-11-9-25(3)16-14(26(11)24-10)4-5-21-17(16)23-13-7-15(19)22-8-12(13)18(27)20-2/h4-8H,9H2,1-3H3,(H,20,27)(H,21,22,23)/i2D3. The van der Waals surface area contributed by atoms with Crippen molar-refractivity contribution < 1.29 is 8.91 Å². The average molecular weight is 387 g/mol. The van der Waals surface area contributed by atoms with Crippen LogP contribution in [0.3, 0.4) is 0 Å². The predicted molar refractivity (Wildman–Crippen MR) is 104 cm³/mol. The minimum atomic E-state index is -2.63. The maximum atomic E-state index is 12.5. The minimum Gasteiger partial charge on any atom is -0.364 e. The third-order valence-electron chi connectivity index (χ3n) is 4.30. The normalized spacial score (nSPS) is 14.5. The van der Waals surface area contributed by atoms with Gasteiger partial charge in [0.25, 0.3) is 5.91 Å². The van der Waals surface area contributed by atoms with Crippen LogP contribution >= 0.6 is 11.6 Å². The van der Waals surface area contributed by atoms with Gasteiger partial charge in [-0.2, -0.15) is 5.10 Å². The Morgan fingerprint density at radius 2 is 2.22 bits per heavy atom. The number of pyridine rings is 2. The van der Waals surface area contributed by atoms with Crippen LogP contribution in [-0.2, 0) is 6.54 Å². The van der Waals surface area contributed by atoms with Crippen molar-refractivity contribution in [2.75, 3.05) is 24.2 Å². The SMILES string of the molecule is [2H]C([2H])([2H])NC(=O)c1cnc(Cl)cc1Nc1nccc2c1N(C)Cc1cc(C)nn1-2. The molecule has 0 spiro atoms. The molecule has 0 fully saturated rings. The van der Waals surface area contributed by atoms with Crippen LogP contribution < -0.4 is 15.5 Å². The summed E-state index contributed by atoms with van der Waals surface area (Å²) in [6.07, 6.45) is 2.85. The fraction of sp³-hybridized carbons (Fsp3) is 0.222. The second kappa shape index (κ2) is 6.55. The number of fused-ring (bicyclic) bond motifs is 3. The molecule has 0 saturated heterocycles. The molecule has 1 amide bonds. The zero-order chi connectivity index (χ0) is 21.6. The summed E-state index contributed by atoms with van der Waals surface area (Å²) in [5.41, 5.74) is 3.88. The first kappa shape index (κ1) is 14.0. The summed E-state index contributed by atoms with van der Waals surface area (Å²) in [4.78, 5) is 22.8. The molecule has 1 aliphatic rings. The first-order chi connectivity index (χ1) is 14.1. The summed E-state index contributed by atoms with van der Waals surface area (Å²) in [6, 6.07) is 5.32. The Morgan fingerprint density at radius 3 is 3.04 bits per heavy atom. The van der Waals surface area contributed by atoms with Crippen LogP contribution in [0.2, 0.25) is 5.15 Å². The van der Waals surface area contributed by atoms with Gasteiger partial charge in [0.1, 0.15) is 10.8 Å². The molecule has 2 N–H and O–H groups in total. The Balaban J connectivity index is 1.77. The molecule has 0 bridgehead atoms. The number of hydrogen-bond acceptors (Lipinski definition) is 6. The fourth-order valence-electron chi connectivity index (χ4n) is 3.19. The van der Waals surface area contributed by atoms with E-state index in [9.17, 15) is 4.79 Å². The average Bonchev–Trinajstić information content (AvgIpc) is 3.00. The third-order valence-corrected chi connectivity index (χ3v) is 4.51. The van der Waals surface area contributed by atoms with E-state index in [2.05, 4.69) is 20.4 Å². The lowest BCUT2D eigenvalue weighted by Crippen LogP contribution is -2.27. The minimum absolute atomic E-state index is 0.0315. The van der Waals surface area contributed by atoms with E-state index in [4.69, 9.17) is 15.7 Å². The molecule has 0 aromatic carbocycles. The summed E-state index contributed by atoms with van der Waals surface area (Å²) < 4.78 is 23.7. The summed E-state index contributed by atoms with van der Waals surface area (Å²) in [6.45, 7) is -0.0788. The molecule has 0 aliphatic carbocycles. The van der Waals surface area contributed by atoms with Gasteiger partial charge in [0.15, 0.2) is 5.82 Å². The van der Waals surface area contributed by atoms with Gasteiger partial charge in [-0.25, -0.2) is 14.6 Å². The van der Waals surface area contributed by atoms with Gasteiger partial charge in [0.05, 0.1) is 34.9 Å². The smallest absolute Gasteiger partial charge is 0.254 e. The van der Waals surface area contributed by atoms with E-state index in [1.165, 1.54) is 12.3 Å². The number of carbonyl (C=O) groups is 1. The van der Waals surface area contributed by atoms with Crippen LogP contribution in [0.25, 0.3) is 5.69 Å². The third kappa shape index (κ3) is 2.97. The predicted octanol–water partition coefficient (Wildman–Crippen LogP) is 2.68. The van der Waals surface area contributed by atoms with Gasteiger partial charge in [0.2, 0.25) is 0 Å². The highest BCUT2D eigenvalue weighted by molar-refractivity contribution is 6.29. The van der Waals surface area contributed by atoms with E-state index in [-0.39, 0.29) is 16.4 Å². The monoisotopic (exact) mass is 386 g/mol. The summed E-state index contributed by atoms with van der Waals surface area (Å²) >= 11 is 6.02. The quantitative estimate of drug-likeness (QED) is 0.673. The Labute approximate surface area is 165 Å². The number of aromatic nitrogens is 4. The topological polar surface area (TPSA) is 88.0 Å². The number of carbonyl (C=O) groups excluding carboxylic acids is 1. The van der Waals surface area contributed by atoms with Crippen molar-refractivity contribution in [1.29, 1.82) is 0 Å². The van der Waals surface area contributed by atoms with Crippen LogP contribution in [0, 0.1) is 6.92 Å². The molecule has 138 valence electrons. The van der Waals surface area contributed by atoms with Gasteiger partial charge in [-0.05, 0) is 25.1 Å². The van der Waals surface area contributed by atoms with Crippen LogP contribution in [0.15, 0.2) is 30.6 Å². The van der Waals surface area contributed by atoms with Crippen molar-refractivity contribution in [2.45, 2.75) is 13.5 Å². The van der Waals surface area contributed by atoms with E-state index in [0.29, 0.717) is 12.4 Å². The van der Waals surface area contributed by atoms with Crippen molar-refractivity contribution in [3.63, 3.8) is 0 Å². The Morgan fingerprint density at radius 1 is 1.37 bits per heavy atom. The van der Waals surface area contributed by atoms with Gasteiger partial charge in [0, 0.05) is 30.5 Å². The second-order valence-corrected chi connectivity index (χ2v) is 6.59. The Hall–Kier alpha value is -3.13. The van der Waals surface area contributed by atoms with E-state index in [1.54, 1.807) is 6.20 Å². The number of amides is 1. The van der Waals surface area contributed by atoms with E-state index < -0.39 is 12.9 Å². The zero-order valence-electron chi connectivity index (χ0n) is 17.6.